The van der Waals surface area contributed by atoms with Crippen LogP contribution < -0.4 is 0 Å². The predicted octanol–water partition coefficient (Wildman–Crippen LogP) is 7.69. The minimum atomic E-state index is -0.0648. The number of hydrogen-bond donors (Lipinski definition) is 0. The van der Waals surface area contributed by atoms with Gasteiger partial charge in [-0.05, 0) is 92.2 Å². The molecule has 0 aromatic carbocycles. The van der Waals surface area contributed by atoms with Crippen molar-refractivity contribution in [1.82, 2.24) is 9.80 Å². The maximum Gasteiger partial charge on any atom is 0.0701 e. The van der Waals surface area contributed by atoms with E-state index < -0.39 is 0 Å². The molecule has 8 aliphatic rings. The summed E-state index contributed by atoms with van der Waals surface area (Å²) in [6, 6.07) is 6.27. The van der Waals surface area contributed by atoms with E-state index in [0.717, 1.165) is 38.5 Å². The summed E-state index contributed by atoms with van der Waals surface area (Å²) < 4.78 is 0. The second kappa shape index (κ2) is 9.95. The molecule has 0 radical (unpaired) electrons. The van der Waals surface area contributed by atoms with Crippen molar-refractivity contribution in [3.8, 4) is 12.1 Å². The van der Waals surface area contributed by atoms with Crippen LogP contribution >= 0.6 is 0 Å². The summed E-state index contributed by atoms with van der Waals surface area (Å²) in [5, 5.41) is 19.9. The van der Waals surface area contributed by atoms with Crippen molar-refractivity contribution in [2.45, 2.75) is 82.3 Å². The molecule has 0 N–H and O–H groups in total. The van der Waals surface area contributed by atoms with Gasteiger partial charge in [0.1, 0.15) is 0 Å². The largest absolute Gasteiger partial charge is 0.364 e. The van der Waals surface area contributed by atoms with Gasteiger partial charge in [-0.1, -0.05) is 54.7 Å². The molecule has 0 spiro atoms. The van der Waals surface area contributed by atoms with Crippen molar-refractivity contribution >= 4 is 0 Å². The fourth-order valence-electron chi connectivity index (χ4n) is 9.48. The molecule has 0 amide bonds. The Kier molecular flexibility index (Phi) is 6.07. The van der Waals surface area contributed by atoms with Gasteiger partial charge < -0.3 is 9.80 Å². The maximum atomic E-state index is 10.3. The van der Waals surface area contributed by atoms with E-state index >= 15 is 0 Å². The van der Waals surface area contributed by atoms with Crippen molar-refractivity contribution in [3.63, 3.8) is 0 Å². The van der Waals surface area contributed by atoms with E-state index in [1.807, 2.05) is 6.08 Å². The fourth-order valence-corrected chi connectivity index (χ4v) is 9.48. The van der Waals surface area contributed by atoms with Crippen molar-refractivity contribution in [1.29, 1.82) is 10.5 Å². The number of rotatable bonds is 3. The van der Waals surface area contributed by atoms with Gasteiger partial charge >= 0.3 is 0 Å². The molecule has 6 aliphatic carbocycles. The quantitative estimate of drug-likeness (QED) is 0.370. The maximum absolute atomic E-state index is 10.3. The summed E-state index contributed by atoms with van der Waals surface area (Å²) in [5.41, 5.74) is 10.4. The summed E-state index contributed by atoms with van der Waals surface area (Å²) in [6.45, 7) is 0. The first kappa shape index (κ1) is 25.0. The van der Waals surface area contributed by atoms with Crippen molar-refractivity contribution in [2.75, 3.05) is 0 Å². The number of nitrogens with zero attached hydrogens (tertiary/aromatic N) is 4. The second-order valence-corrected chi connectivity index (χ2v) is 13.0. The lowest BCUT2D eigenvalue weighted by Gasteiger charge is -2.38. The minimum Gasteiger partial charge on any atom is -0.364 e. The smallest absolute Gasteiger partial charge is 0.0701 e. The number of nitriles is 2. The number of likely N-dealkylation sites (tertiary alicyclic amines) is 1. The molecule has 1 saturated heterocycles. The highest BCUT2D eigenvalue weighted by Crippen LogP contribution is 2.56. The van der Waals surface area contributed by atoms with Gasteiger partial charge in [0, 0.05) is 41.4 Å². The third-order valence-electron chi connectivity index (χ3n) is 11.1. The third kappa shape index (κ3) is 3.84. The first-order valence-electron chi connectivity index (χ1n) is 15.9. The van der Waals surface area contributed by atoms with E-state index in [0.29, 0.717) is 23.9 Å². The van der Waals surface area contributed by atoms with Crippen molar-refractivity contribution in [3.05, 3.63) is 106 Å². The molecular formula is C37H38N4. The van der Waals surface area contributed by atoms with Gasteiger partial charge in [-0.25, -0.2) is 0 Å². The SMILES string of the molecule is N#CC1C=CC=C(N2C3C=CC=C(C4=CC(N5C6=C(CCCC6)C6=CC=CCC65)=CCC4)C3C3C(C#N)CCC32)C1. The molecule has 206 valence electrons. The van der Waals surface area contributed by atoms with Gasteiger partial charge in [0.25, 0.3) is 0 Å². The third-order valence-corrected chi connectivity index (χ3v) is 11.1. The van der Waals surface area contributed by atoms with Gasteiger partial charge in [-0.3, -0.25) is 0 Å². The zero-order valence-electron chi connectivity index (χ0n) is 23.8. The zero-order chi connectivity index (χ0) is 27.5. The van der Waals surface area contributed by atoms with Crippen LogP contribution in [0, 0.1) is 46.3 Å². The molecule has 0 aromatic rings. The lowest BCUT2D eigenvalue weighted by atomic mass is 9.72. The van der Waals surface area contributed by atoms with E-state index in [4.69, 9.17) is 0 Å². The highest BCUT2D eigenvalue weighted by atomic mass is 15.2. The van der Waals surface area contributed by atoms with Gasteiger partial charge in [0.15, 0.2) is 0 Å². The van der Waals surface area contributed by atoms with Crippen LogP contribution in [-0.4, -0.2) is 27.9 Å². The number of allylic oxidation sites excluding steroid dienone is 12. The molecule has 7 unspecified atom stereocenters. The molecule has 0 bridgehead atoms. The topological polar surface area (TPSA) is 54.1 Å². The van der Waals surface area contributed by atoms with Gasteiger partial charge in [-0.2, -0.15) is 10.5 Å². The van der Waals surface area contributed by atoms with Crippen LogP contribution in [-0.2, 0) is 0 Å². The Morgan fingerprint density at radius 1 is 0.878 bits per heavy atom. The molecule has 1 saturated carbocycles. The van der Waals surface area contributed by atoms with Crippen LogP contribution in [0.1, 0.15) is 64.2 Å². The summed E-state index contributed by atoms with van der Waals surface area (Å²) in [7, 11) is 0. The second-order valence-electron chi connectivity index (χ2n) is 13.0. The molecule has 2 heterocycles. The van der Waals surface area contributed by atoms with Crippen LogP contribution in [0.5, 0.6) is 0 Å². The van der Waals surface area contributed by atoms with Gasteiger partial charge in [0.05, 0.1) is 36.1 Å². The summed E-state index contributed by atoms with van der Waals surface area (Å²) in [6.07, 6.45) is 36.4. The Balaban J connectivity index is 1.16. The highest BCUT2D eigenvalue weighted by Gasteiger charge is 2.56. The van der Waals surface area contributed by atoms with Crippen LogP contribution in [0.4, 0.5) is 0 Å². The predicted molar refractivity (Wildman–Crippen MR) is 161 cm³/mol. The van der Waals surface area contributed by atoms with E-state index in [-0.39, 0.29) is 17.9 Å². The van der Waals surface area contributed by atoms with E-state index in [2.05, 4.69) is 82.7 Å². The Morgan fingerprint density at radius 3 is 2.66 bits per heavy atom. The number of hydrogen-bond acceptors (Lipinski definition) is 4. The first-order valence-corrected chi connectivity index (χ1v) is 15.9. The Morgan fingerprint density at radius 2 is 1.76 bits per heavy atom. The lowest BCUT2D eigenvalue weighted by Crippen LogP contribution is -2.37. The monoisotopic (exact) mass is 538 g/mol. The fraction of sp³-hybridized carbons (Fsp3) is 0.459. The molecule has 8 rings (SSSR count). The van der Waals surface area contributed by atoms with E-state index in [1.54, 1.807) is 16.8 Å². The molecule has 4 nitrogen and oxygen atoms in total. The van der Waals surface area contributed by atoms with Crippen LogP contribution in [0.2, 0.25) is 0 Å². The van der Waals surface area contributed by atoms with E-state index in [9.17, 15) is 10.5 Å². The number of fused-ring (bicyclic) bond motifs is 5. The average Bonchev–Trinajstić information content (AvgIpc) is 3.70. The summed E-state index contributed by atoms with van der Waals surface area (Å²) >= 11 is 0. The molecule has 4 heteroatoms. The van der Waals surface area contributed by atoms with Gasteiger partial charge in [0.2, 0.25) is 0 Å². The Hall–Kier alpha value is -3.76. The van der Waals surface area contributed by atoms with Crippen molar-refractivity contribution < 1.29 is 0 Å². The molecule has 41 heavy (non-hydrogen) atoms. The average molecular weight is 539 g/mol. The van der Waals surface area contributed by atoms with Crippen LogP contribution in [0.15, 0.2) is 106 Å². The van der Waals surface area contributed by atoms with Gasteiger partial charge in [-0.15, -0.1) is 0 Å². The Labute approximate surface area is 244 Å². The normalized spacial score (nSPS) is 36.7. The standard InChI is InChI=1S/C37H38N4/c38-22-24-8-5-10-27(20-24)41-34-17-7-14-29(37(34)36-26(23-39)18-19-35(36)41)25-9-6-11-28(21-25)40-32-15-3-1-12-30(32)31-13-2-4-16-33(31)40/h1,3,5,7-8,10-12,14,17,21,24,26,32,34-37H,2,4,6,9,13,15-16,18-20H2. The molecule has 7 atom stereocenters. The van der Waals surface area contributed by atoms with Crippen LogP contribution in [0.25, 0.3) is 0 Å². The lowest BCUT2D eigenvalue weighted by molar-refractivity contribution is 0.253. The minimum absolute atomic E-state index is 0.0648. The summed E-state index contributed by atoms with van der Waals surface area (Å²) in [5.74, 6) is 0.686. The molecule has 0 aromatic heterocycles. The molecule has 2 fully saturated rings. The molecular weight excluding hydrogens is 500 g/mol. The first-order chi connectivity index (χ1) is 20.3. The highest BCUT2D eigenvalue weighted by molar-refractivity contribution is 5.55. The summed E-state index contributed by atoms with van der Waals surface area (Å²) in [4.78, 5) is 5.34. The zero-order valence-corrected chi connectivity index (χ0v) is 23.8. The van der Waals surface area contributed by atoms with Crippen molar-refractivity contribution in [2.24, 2.45) is 23.7 Å². The molecule has 2 aliphatic heterocycles. The van der Waals surface area contributed by atoms with Crippen LogP contribution in [0.3, 0.4) is 0 Å². The Bertz CT molecular complexity index is 1520. The van der Waals surface area contributed by atoms with E-state index in [1.165, 1.54) is 48.2 Å².